The molecular formula is C82H85BN2. The van der Waals surface area contributed by atoms with Crippen molar-refractivity contribution >= 4 is 57.2 Å². The fourth-order valence-electron chi connectivity index (χ4n) is 12.9. The highest BCUT2D eigenvalue weighted by Gasteiger charge is 2.44. The largest absolute Gasteiger partial charge is 0.311 e. The standard InChI is InChI=1S/C82H85BN2/c1-48(2)63-40-68(50(5)6)80(69(41-63)51(7)8)59-28-34-66(35-29-59)84-74-38-32-61(78-54(13)22-20-23-55(78)14)44-72(74)83-73-45-62(79-56(15)24-21-25-57(79)16)33-39-75(73)85(77-47-65(46-76(84)82(77)83)58-26-18-17-19-27-58)67-36-30-60(31-37-67)81-70(52(9)10)42-64(49(3)4)43-71(81)53(11)12/h17-53H,1-16H3/i26D,27D,28D,29D,30D,31D,32D,33D,34D,35D,36D,37D,38D,39D,44D,45D. The molecule has 426 valence electrons. The number of benzene rings is 10. The molecule has 0 aromatic heterocycles. The SMILES string of the molecule is [2H]c1cccc([2H])c1-c1cc2c3c(c1)N(c1c([2H])c([2H])c(-c4c(C(C)C)cc(C(C)C)cc4C(C)C)c([2H])c1[2H])c1c([2H])c([2H])c(-c4c(C)cccc4C)c([2H])c1B3c1c([2H])c(-c3c(C)cccc3C)c([2H])c([2H])c1N2c1c([2H])c([2H])c(-c2c(C(C)C)cc(C(C)C)cc2C(C)C)c([2H])c1[2H]. The Morgan fingerprint density at radius 2 is 0.659 bits per heavy atom. The molecule has 0 radical (unpaired) electrons. The van der Waals surface area contributed by atoms with Gasteiger partial charge >= 0.3 is 0 Å². The average Bonchev–Trinajstić information content (AvgIpc) is 0.672. The number of fused-ring (bicyclic) bond motifs is 4. The van der Waals surface area contributed by atoms with Crippen molar-refractivity contribution in [3.8, 4) is 55.6 Å². The Morgan fingerprint density at radius 3 is 0.988 bits per heavy atom. The maximum Gasteiger partial charge on any atom is 0.252 e. The molecule has 0 amide bonds. The highest BCUT2D eigenvalue weighted by molar-refractivity contribution is 7.00. The van der Waals surface area contributed by atoms with Crippen molar-refractivity contribution in [1.29, 1.82) is 0 Å². The third kappa shape index (κ3) is 10.2. The Morgan fingerprint density at radius 1 is 0.318 bits per heavy atom. The van der Waals surface area contributed by atoms with Gasteiger partial charge in [-0.3, -0.25) is 0 Å². The van der Waals surface area contributed by atoms with Crippen LogP contribution >= 0.6 is 0 Å². The molecule has 2 heterocycles. The molecule has 0 bridgehead atoms. The summed E-state index contributed by atoms with van der Waals surface area (Å²) in [6.07, 6.45) is 0. The minimum absolute atomic E-state index is 0.00392. The molecule has 0 atom stereocenters. The van der Waals surface area contributed by atoms with Gasteiger partial charge in [0.2, 0.25) is 0 Å². The van der Waals surface area contributed by atoms with E-state index in [0.29, 0.717) is 44.5 Å². The molecule has 0 saturated carbocycles. The number of rotatable bonds is 13. The second-order valence-electron chi connectivity index (χ2n) is 25.3. The van der Waals surface area contributed by atoms with Gasteiger partial charge in [0.25, 0.3) is 6.71 Å². The van der Waals surface area contributed by atoms with Gasteiger partial charge in [0, 0.05) is 34.1 Å². The first-order valence-corrected chi connectivity index (χ1v) is 30.3. The van der Waals surface area contributed by atoms with Gasteiger partial charge < -0.3 is 9.80 Å². The molecule has 0 unspecified atom stereocenters. The monoisotopic (exact) mass is 1120 g/mol. The summed E-state index contributed by atoms with van der Waals surface area (Å²) >= 11 is 0. The van der Waals surface area contributed by atoms with Crippen LogP contribution in [0.15, 0.2) is 188 Å². The molecule has 0 N–H and O–H groups in total. The lowest BCUT2D eigenvalue weighted by molar-refractivity contribution is 0.807. The van der Waals surface area contributed by atoms with E-state index in [9.17, 15) is 21.9 Å². The van der Waals surface area contributed by atoms with Crippen LogP contribution in [0.4, 0.5) is 34.1 Å². The first kappa shape index (κ1) is 41.0. The fourth-order valence-corrected chi connectivity index (χ4v) is 12.9. The van der Waals surface area contributed by atoms with Crippen molar-refractivity contribution in [2.24, 2.45) is 0 Å². The third-order valence-electron chi connectivity index (χ3n) is 17.4. The first-order chi connectivity index (χ1) is 47.5. The molecule has 12 rings (SSSR count). The van der Waals surface area contributed by atoms with Crippen molar-refractivity contribution in [1.82, 2.24) is 0 Å². The fraction of sp³-hybridized carbons (Fsp3) is 0.268. The normalized spacial score (nSPS) is 15.4. The predicted molar refractivity (Wildman–Crippen MR) is 371 cm³/mol. The van der Waals surface area contributed by atoms with Crippen LogP contribution < -0.4 is 26.2 Å². The maximum atomic E-state index is 11.0. The van der Waals surface area contributed by atoms with Crippen LogP contribution in [0.5, 0.6) is 0 Å². The van der Waals surface area contributed by atoms with Gasteiger partial charge in [-0.25, -0.2) is 0 Å². The summed E-state index contributed by atoms with van der Waals surface area (Å²) in [5, 5.41) is 0. The zero-order valence-electron chi connectivity index (χ0n) is 68.1. The second kappa shape index (κ2) is 22.7. The van der Waals surface area contributed by atoms with Crippen molar-refractivity contribution in [2.45, 2.75) is 146 Å². The minimum Gasteiger partial charge on any atom is -0.311 e. The maximum absolute atomic E-state index is 11.0. The molecule has 10 aromatic carbocycles. The minimum atomic E-state index is -1.47. The topological polar surface area (TPSA) is 6.48 Å². The number of nitrogens with zero attached hydrogens (tertiary/aromatic N) is 2. The van der Waals surface area contributed by atoms with Crippen LogP contribution in [0.2, 0.25) is 0 Å². The van der Waals surface area contributed by atoms with Crippen LogP contribution in [0, 0.1) is 27.7 Å². The van der Waals surface area contributed by atoms with Crippen LogP contribution in [0.3, 0.4) is 0 Å². The molecule has 0 fully saturated rings. The summed E-state index contributed by atoms with van der Waals surface area (Å²) in [5.74, 6) is -0.331. The summed E-state index contributed by atoms with van der Waals surface area (Å²) in [6, 6.07) is 20.7. The van der Waals surface area contributed by atoms with Crippen LogP contribution in [-0.4, -0.2) is 6.71 Å². The van der Waals surface area contributed by atoms with E-state index in [1.807, 2.05) is 119 Å². The molecule has 0 spiro atoms. The van der Waals surface area contributed by atoms with E-state index in [0.717, 1.165) is 33.4 Å². The Kier molecular flexibility index (Phi) is 11.0. The van der Waals surface area contributed by atoms with Crippen molar-refractivity contribution in [3.05, 3.63) is 243 Å². The lowest BCUT2D eigenvalue weighted by atomic mass is 9.33. The van der Waals surface area contributed by atoms with E-state index >= 15 is 0 Å². The van der Waals surface area contributed by atoms with Crippen LogP contribution in [-0.2, 0) is 0 Å². The van der Waals surface area contributed by atoms with E-state index < -0.39 is 79.2 Å². The zero-order chi connectivity index (χ0) is 73.8. The van der Waals surface area contributed by atoms with Crippen LogP contribution in [0.1, 0.15) is 196 Å². The van der Waals surface area contributed by atoms with E-state index in [1.165, 1.54) is 21.9 Å². The van der Waals surface area contributed by atoms with Gasteiger partial charge in [-0.05, 0) is 239 Å². The van der Waals surface area contributed by atoms with E-state index in [1.54, 1.807) is 18.2 Å². The molecule has 0 aliphatic carbocycles. The third-order valence-corrected chi connectivity index (χ3v) is 17.4. The summed E-state index contributed by atoms with van der Waals surface area (Å²) < 4.78 is 167. The Labute approximate surface area is 532 Å². The number of anilines is 6. The Balaban J connectivity index is 1.34. The number of hydrogen-bond donors (Lipinski definition) is 0. The highest BCUT2D eigenvalue weighted by atomic mass is 15.2. The number of hydrogen-bond acceptors (Lipinski definition) is 2. The molecular weight excluding hydrogens is 1020 g/mol. The second-order valence-corrected chi connectivity index (χ2v) is 25.3. The van der Waals surface area contributed by atoms with Crippen LogP contribution in [0.25, 0.3) is 55.6 Å². The molecule has 0 saturated heterocycles. The van der Waals surface area contributed by atoms with Crippen molar-refractivity contribution < 1.29 is 21.9 Å². The number of aryl methyl sites for hydroxylation is 4. The molecule has 2 aliphatic heterocycles. The van der Waals surface area contributed by atoms with Gasteiger partial charge in [0.15, 0.2) is 0 Å². The summed E-state index contributed by atoms with van der Waals surface area (Å²) in [5.41, 5.74) is 9.46. The lowest BCUT2D eigenvalue weighted by Crippen LogP contribution is -2.61. The lowest BCUT2D eigenvalue weighted by Gasteiger charge is -2.45. The Hall–Kier alpha value is -8.14. The van der Waals surface area contributed by atoms with Gasteiger partial charge in [0.05, 0.1) is 21.9 Å². The van der Waals surface area contributed by atoms with Gasteiger partial charge in [0.1, 0.15) is 0 Å². The molecule has 85 heavy (non-hydrogen) atoms. The summed E-state index contributed by atoms with van der Waals surface area (Å²) in [6.45, 7) is 30.6. The van der Waals surface area contributed by atoms with Crippen molar-refractivity contribution in [2.75, 3.05) is 9.80 Å². The van der Waals surface area contributed by atoms with E-state index in [2.05, 4.69) is 52.0 Å². The summed E-state index contributed by atoms with van der Waals surface area (Å²) in [7, 11) is 0. The Bertz CT molecular complexity index is 4720. The molecule has 2 nitrogen and oxygen atoms in total. The highest BCUT2D eigenvalue weighted by Crippen LogP contribution is 2.49. The molecule has 2 aliphatic rings. The van der Waals surface area contributed by atoms with Crippen molar-refractivity contribution in [3.63, 3.8) is 0 Å². The predicted octanol–water partition coefficient (Wildman–Crippen LogP) is 22.1. The molecule has 3 heteroatoms. The van der Waals surface area contributed by atoms with Gasteiger partial charge in [-0.1, -0.05) is 222 Å². The van der Waals surface area contributed by atoms with Gasteiger partial charge in [-0.2, -0.15) is 0 Å². The van der Waals surface area contributed by atoms with E-state index in [4.69, 9.17) is 0 Å². The smallest absolute Gasteiger partial charge is 0.252 e. The van der Waals surface area contributed by atoms with Gasteiger partial charge in [-0.15, -0.1) is 0 Å². The average molecular weight is 1130 g/mol. The quantitative estimate of drug-likeness (QED) is 0.106. The zero-order valence-corrected chi connectivity index (χ0v) is 52.1. The summed E-state index contributed by atoms with van der Waals surface area (Å²) in [4.78, 5) is 2.77. The van der Waals surface area contributed by atoms with E-state index in [-0.39, 0.29) is 144 Å². The molecule has 10 aromatic rings. The first-order valence-electron chi connectivity index (χ1n) is 38.3.